The zero-order chi connectivity index (χ0) is 14.5. The maximum absolute atomic E-state index is 13.4. The second-order valence-corrected chi connectivity index (χ2v) is 6.02. The Morgan fingerprint density at radius 2 is 2.15 bits per heavy atom. The van der Waals surface area contributed by atoms with Crippen LogP contribution in [0.2, 0.25) is 0 Å². The standard InChI is InChI=1S/C14H19BrFN3O/c15-13-6-5-11(16)7-10(13)8-19(9-14(17)18-20)12-3-1-2-4-12/h5-7,12,20H,1-4,8-9H2,(H2,17,18). The van der Waals surface area contributed by atoms with Gasteiger partial charge in [-0.25, -0.2) is 4.39 Å². The highest BCUT2D eigenvalue weighted by Crippen LogP contribution is 2.27. The molecule has 0 amide bonds. The van der Waals surface area contributed by atoms with Gasteiger partial charge in [-0.2, -0.15) is 0 Å². The lowest BCUT2D eigenvalue weighted by Gasteiger charge is -2.28. The smallest absolute Gasteiger partial charge is 0.153 e. The maximum Gasteiger partial charge on any atom is 0.153 e. The van der Waals surface area contributed by atoms with Gasteiger partial charge in [0.2, 0.25) is 0 Å². The molecule has 3 N–H and O–H groups in total. The quantitative estimate of drug-likeness (QED) is 0.373. The van der Waals surface area contributed by atoms with E-state index in [-0.39, 0.29) is 11.7 Å². The highest BCUT2D eigenvalue weighted by Gasteiger charge is 2.24. The second kappa shape index (κ2) is 7.04. The Balaban J connectivity index is 2.15. The molecule has 2 rings (SSSR count). The molecule has 4 nitrogen and oxygen atoms in total. The van der Waals surface area contributed by atoms with Gasteiger partial charge in [0, 0.05) is 17.1 Å². The average Bonchev–Trinajstić information content (AvgIpc) is 2.96. The van der Waals surface area contributed by atoms with Crippen molar-refractivity contribution in [2.75, 3.05) is 6.54 Å². The van der Waals surface area contributed by atoms with Crippen LogP contribution in [-0.2, 0) is 6.54 Å². The monoisotopic (exact) mass is 343 g/mol. The Kier molecular flexibility index (Phi) is 5.37. The number of halogens is 2. The van der Waals surface area contributed by atoms with Crippen molar-refractivity contribution in [3.63, 3.8) is 0 Å². The second-order valence-electron chi connectivity index (χ2n) is 5.17. The van der Waals surface area contributed by atoms with Crippen molar-refractivity contribution < 1.29 is 9.60 Å². The van der Waals surface area contributed by atoms with E-state index in [0.717, 1.165) is 22.9 Å². The first-order chi connectivity index (χ1) is 9.60. The van der Waals surface area contributed by atoms with Crippen molar-refractivity contribution in [2.45, 2.75) is 38.3 Å². The topological polar surface area (TPSA) is 61.8 Å². The fourth-order valence-electron chi connectivity index (χ4n) is 2.71. The lowest BCUT2D eigenvalue weighted by Crippen LogP contribution is -2.39. The molecule has 20 heavy (non-hydrogen) atoms. The van der Waals surface area contributed by atoms with Crippen LogP contribution in [0.4, 0.5) is 4.39 Å². The minimum absolute atomic E-state index is 0.185. The number of hydrogen-bond donors (Lipinski definition) is 2. The van der Waals surface area contributed by atoms with E-state index in [9.17, 15) is 4.39 Å². The lowest BCUT2D eigenvalue weighted by atomic mass is 10.1. The molecule has 6 heteroatoms. The molecule has 0 aromatic heterocycles. The molecule has 1 aromatic rings. The van der Waals surface area contributed by atoms with Gasteiger partial charge < -0.3 is 10.9 Å². The third kappa shape index (κ3) is 3.93. The number of nitrogens with zero attached hydrogens (tertiary/aromatic N) is 2. The maximum atomic E-state index is 13.4. The molecule has 1 saturated carbocycles. The summed E-state index contributed by atoms with van der Waals surface area (Å²) in [5.41, 5.74) is 6.51. The van der Waals surface area contributed by atoms with Crippen molar-refractivity contribution >= 4 is 21.8 Å². The zero-order valence-electron chi connectivity index (χ0n) is 11.2. The van der Waals surface area contributed by atoms with E-state index >= 15 is 0 Å². The average molecular weight is 344 g/mol. The van der Waals surface area contributed by atoms with Crippen LogP contribution < -0.4 is 5.73 Å². The van der Waals surface area contributed by atoms with E-state index in [1.165, 1.54) is 25.0 Å². The summed E-state index contributed by atoms with van der Waals surface area (Å²) in [6.07, 6.45) is 4.60. The van der Waals surface area contributed by atoms with Gasteiger partial charge in [-0.05, 0) is 36.6 Å². The van der Waals surface area contributed by atoms with Crippen LogP contribution in [0.15, 0.2) is 27.8 Å². The fraction of sp³-hybridized carbons (Fsp3) is 0.500. The minimum atomic E-state index is -0.252. The minimum Gasteiger partial charge on any atom is -0.409 e. The van der Waals surface area contributed by atoms with E-state index in [1.807, 2.05) is 0 Å². The molecule has 0 saturated heterocycles. The summed E-state index contributed by atoms with van der Waals surface area (Å²) in [7, 11) is 0. The Morgan fingerprint density at radius 1 is 1.45 bits per heavy atom. The first-order valence-corrected chi connectivity index (χ1v) is 7.54. The van der Waals surface area contributed by atoms with E-state index < -0.39 is 0 Å². The largest absolute Gasteiger partial charge is 0.409 e. The van der Waals surface area contributed by atoms with Crippen molar-refractivity contribution in [3.8, 4) is 0 Å². The Morgan fingerprint density at radius 3 is 2.80 bits per heavy atom. The predicted molar refractivity (Wildman–Crippen MR) is 80.2 cm³/mol. The van der Waals surface area contributed by atoms with Gasteiger partial charge in [-0.1, -0.05) is 33.9 Å². The molecule has 0 bridgehead atoms. The van der Waals surface area contributed by atoms with Crippen LogP contribution in [0.5, 0.6) is 0 Å². The van der Waals surface area contributed by atoms with Gasteiger partial charge in [-0.15, -0.1) is 0 Å². The number of amidine groups is 1. The highest BCUT2D eigenvalue weighted by molar-refractivity contribution is 9.10. The van der Waals surface area contributed by atoms with Gasteiger partial charge in [0.25, 0.3) is 0 Å². The number of oxime groups is 1. The van der Waals surface area contributed by atoms with Gasteiger partial charge in [0.05, 0.1) is 6.54 Å². The van der Waals surface area contributed by atoms with Crippen LogP contribution in [0.1, 0.15) is 31.2 Å². The molecule has 0 radical (unpaired) electrons. The fourth-order valence-corrected chi connectivity index (χ4v) is 3.08. The summed E-state index contributed by atoms with van der Waals surface area (Å²) < 4.78 is 14.3. The molecular weight excluding hydrogens is 325 g/mol. The van der Waals surface area contributed by atoms with E-state index in [1.54, 1.807) is 6.07 Å². The molecule has 0 atom stereocenters. The summed E-state index contributed by atoms with van der Waals surface area (Å²) in [5, 5.41) is 11.8. The number of rotatable bonds is 5. The zero-order valence-corrected chi connectivity index (χ0v) is 12.8. The molecule has 0 spiro atoms. The summed E-state index contributed by atoms with van der Waals surface area (Å²) in [5.74, 6) is -0.0669. The van der Waals surface area contributed by atoms with Crippen molar-refractivity contribution in [2.24, 2.45) is 10.9 Å². The molecule has 1 fully saturated rings. The first kappa shape index (κ1) is 15.3. The normalized spacial score (nSPS) is 17.1. The summed E-state index contributed by atoms with van der Waals surface area (Å²) in [4.78, 5) is 2.15. The van der Waals surface area contributed by atoms with Crippen LogP contribution in [0, 0.1) is 5.82 Å². The Bertz CT molecular complexity index is 489. The first-order valence-electron chi connectivity index (χ1n) is 6.74. The molecule has 1 aliphatic rings. The third-order valence-electron chi connectivity index (χ3n) is 3.72. The van der Waals surface area contributed by atoms with Crippen molar-refractivity contribution in [1.82, 2.24) is 4.90 Å². The van der Waals surface area contributed by atoms with E-state index in [2.05, 4.69) is 26.0 Å². The molecular formula is C14H19BrFN3O. The van der Waals surface area contributed by atoms with Gasteiger partial charge in [-0.3, -0.25) is 4.90 Å². The lowest BCUT2D eigenvalue weighted by molar-refractivity contribution is 0.213. The Hall–Kier alpha value is -1.14. The highest BCUT2D eigenvalue weighted by atomic mass is 79.9. The van der Waals surface area contributed by atoms with Gasteiger partial charge in [0.1, 0.15) is 5.82 Å². The summed E-state index contributed by atoms with van der Waals surface area (Å²) >= 11 is 3.45. The van der Waals surface area contributed by atoms with Gasteiger partial charge in [0.15, 0.2) is 5.84 Å². The number of nitrogens with two attached hydrogens (primary N) is 1. The predicted octanol–water partition coefficient (Wildman–Crippen LogP) is 3.08. The Labute approximate surface area is 126 Å². The molecule has 0 aliphatic heterocycles. The molecule has 0 heterocycles. The SMILES string of the molecule is NC(CN(Cc1cc(F)ccc1Br)C1CCCC1)=NO. The van der Waals surface area contributed by atoms with Crippen LogP contribution in [-0.4, -0.2) is 28.5 Å². The summed E-state index contributed by atoms with van der Waals surface area (Å²) in [6.45, 7) is 0.976. The van der Waals surface area contributed by atoms with Crippen LogP contribution in [0.3, 0.4) is 0 Å². The number of benzene rings is 1. The number of hydrogen-bond acceptors (Lipinski definition) is 3. The summed E-state index contributed by atoms with van der Waals surface area (Å²) in [6, 6.07) is 5.07. The molecule has 110 valence electrons. The van der Waals surface area contributed by atoms with Crippen molar-refractivity contribution in [3.05, 3.63) is 34.1 Å². The molecule has 0 unspecified atom stereocenters. The van der Waals surface area contributed by atoms with Gasteiger partial charge >= 0.3 is 0 Å². The van der Waals surface area contributed by atoms with Crippen molar-refractivity contribution in [1.29, 1.82) is 0 Å². The third-order valence-corrected chi connectivity index (χ3v) is 4.49. The van der Waals surface area contributed by atoms with Crippen LogP contribution in [0.25, 0.3) is 0 Å². The van der Waals surface area contributed by atoms with E-state index in [4.69, 9.17) is 10.9 Å². The van der Waals surface area contributed by atoms with E-state index in [0.29, 0.717) is 19.1 Å². The molecule has 1 aliphatic carbocycles. The van der Waals surface area contributed by atoms with Crippen LogP contribution >= 0.6 is 15.9 Å². The molecule has 1 aromatic carbocycles.